The molecule has 5 nitrogen and oxygen atoms in total. The monoisotopic (exact) mass is 236 g/mol. The maximum absolute atomic E-state index is 10.8. The van der Waals surface area contributed by atoms with Gasteiger partial charge in [0.1, 0.15) is 5.82 Å². The van der Waals surface area contributed by atoms with Crippen molar-refractivity contribution in [1.29, 1.82) is 0 Å². The molecule has 1 aliphatic rings. The Bertz CT molecular complexity index is 430. The molecule has 1 aromatic heterocycles. The van der Waals surface area contributed by atoms with E-state index in [2.05, 4.69) is 10.3 Å². The smallest absolute Gasteiger partial charge is 0.337 e. The number of aromatic carboxylic acids is 1. The average molecular weight is 236 g/mol. The molecule has 1 atom stereocenters. The number of rotatable bonds is 5. The Morgan fingerprint density at radius 1 is 1.59 bits per heavy atom. The highest BCUT2D eigenvalue weighted by atomic mass is 16.4. The topological polar surface area (TPSA) is 82.5 Å². The van der Waals surface area contributed by atoms with Gasteiger partial charge in [0.15, 0.2) is 0 Å². The largest absolute Gasteiger partial charge is 0.478 e. The number of hydrogen-bond acceptors (Lipinski definition) is 4. The molecule has 0 aliphatic heterocycles. The Morgan fingerprint density at radius 3 is 2.82 bits per heavy atom. The van der Waals surface area contributed by atoms with Crippen LogP contribution in [0.4, 0.5) is 5.82 Å². The van der Waals surface area contributed by atoms with E-state index in [0.717, 1.165) is 12.8 Å². The Kier molecular flexibility index (Phi) is 3.28. The molecular formula is C12H16N2O3. The number of aliphatic hydroxyl groups is 1. The van der Waals surface area contributed by atoms with Gasteiger partial charge in [-0.25, -0.2) is 9.78 Å². The van der Waals surface area contributed by atoms with Crippen LogP contribution in [-0.2, 0) is 0 Å². The lowest BCUT2D eigenvalue weighted by molar-refractivity contribution is 0.0695. The highest BCUT2D eigenvalue weighted by Gasteiger charge is 2.29. The van der Waals surface area contributed by atoms with Gasteiger partial charge in [0.05, 0.1) is 17.4 Å². The lowest BCUT2D eigenvalue weighted by Crippen LogP contribution is -2.22. The van der Waals surface area contributed by atoms with E-state index in [1.807, 2.05) is 0 Å². The molecule has 0 radical (unpaired) electrons. The maximum Gasteiger partial charge on any atom is 0.337 e. The van der Waals surface area contributed by atoms with Gasteiger partial charge in [-0.3, -0.25) is 0 Å². The van der Waals surface area contributed by atoms with E-state index in [-0.39, 0.29) is 11.7 Å². The number of nitrogens with zero attached hydrogens (tertiary/aromatic N) is 1. The highest BCUT2D eigenvalue weighted by Crippen LogP contribution is 2.32. The van der Waals surface area contributed by atoms with Gasteiger partial charge in [-0.05, 0) is 37.8 Å². The molecule has 1 heterocycles. The van der Waals surface area contributed by atoms with Gasteiger partial charge in [0.25, 0.3) is 0 Å². The van der Waals surface area contributed by atoms with Gasteiger partial charge in [-0.15, -0.1) is 0 Å². The highest BCUT2D eigenvalue weighted by molar-refractivity contribution is 5.89. The number of hydrogen-bond donors (Lipinski definition) is 3. The SMILES string of the molecule is Cc1nc(NCC(O)C2CC2)ccc1C(=O)O. The summed E-state index contributed by atoms with van der Waals surface area (Å²) in [4.78, 5) is 14.9. The van der Waals surface area contributed by atoms with Crippen molar-refractivity contribution in [2.24, 2.45) is 5.92 Å². The normalized spacial score (nSPS) is 16.6. The number of aromatic nitrogens is 1. The second kappa shape index (κ2) is 4.71. The van der Waals surface area contributed by atoms with Crippen LogP contribution >= 0.6 is 0 Å². The summed E-state index contributed by atoms with van der Waals surface area (Å²) in [6.07, 6.45) is 1.84. The van der Waals surface area contributed by atoms with Crippen molar-refractivity contribution in [3.05, 3.63) is 23.4 Å². The number of pyridine rings is 1. The molecule has 1 fully saturated rings. The van der Waals surface area contributed by atoms with Crippen molar-refractivity contribution in [3.8, 4) is 0 Å². The summed E-state index contributed by atoms with van der Waals surface area (Å²) < 4.78 is 0. The molecule has 92 valence electrons. The number of carbonyl (C=O) groups is 1. The summed E-state index contributed by atoms with van der Waals surface area (Å²) in [5.74, 6) is 0.0497. The summed E-state index contributed by atoms with van der Waals surface area (Å²) in [5, 5.41) is 21.6. The van der Waals surface area contributed by atoms with E-state index in [4.69, 9.17) is 5.11 Å². The van der Waals surface area contributed by atoms with E-state index in [9.17, 15) is 9.90 Å². The third-order valence-corrected chi connectivity index (χ3v) is 2.97. The van der Waals surface area contributed by atoms with Gasteiger partial charge >= 0.3 is 5.97 Å². The number of nitrogens with one attached hydrogen (secondary N) is 1. The lowest BCUT2D eigenvalue weighted by Gasteiger charge is -2.11. The van der Waals surface area contributed by atoms with Crippen molar-refractivity contribution < 1.29 is 15.0 Å². The van der Waals surface area contributed by atoms with Gasteiger partial charge in [0.2, 0.25) is 0 Å². The Labute approximate surface area is 99.5 Å². The van der Waals surface area contributed by atoms with Crippen LogP contribution in [0.3, 0.4) is 0 Å². The number of aryl methyl sites for hydroxylation is 1. The van der Waals surface area contributed by atoms with Crippen molar-refractivity contribution in [1.82, 2.24) is 4.98 Å². The summed E-state index contributed by atoms with van der Waals surface area (Å²) in [6.45, 7) is 2.12. The number of carboxylic acid groups (broad SMARTS) is 1. The van der Waals surface area contributed by atoms with Crippen molar-refractivity contribution in [3.63, 3.8) is 0 Å². The van der Waals surface area contributed by atoms with Gasteiger partial charge in [-0.1, -0.05) is 0 Å². The fourth-order valence-electron chi connectivity index (χ4n) is 1.74. The number of anilines is 1. The zero-order valence-electron chi connectivity index (χ0n) is 9.68. The van der Waals surface area contributed by atoms with Gasteiger partial charge in [-0.2, -0.15) is 0 Å². The van der Waals surface area contributed by atoms with Crippen molar-refractivity contribution in [2.75, 3.05) is 11.9 Å². The molecule has 0 amide bonds. The molecule has 0 bridgehead atoms. The van der Waals surface area contributed by atoms with Crippen LogP contribution in [-0.4, -0.2) is 33.8 Å². The first-order valence-corrected chi connectivity index (χ1v) is 5.71. The van der Waals surface area contributed by atoms with Crippen molar-refractivity contribution >= 4 is 11.8 Å². The zero-order valence-corrected chi connectivity index (χ0v) is 9.68. The van der Waals surface area contributed by atoms with Crippen LogP contribution in [0.1, 0.15) is 28.9 Å². The van der Waals surface area contributed by atoms with Gasteiger partial charge < -0.3 is 15.5 Å². The minimum Gasteiger partial charge on any atom is -0.478 e. The summed E-state index contributed by atoms with van der Waals surface area (Å²) in [7, 11) is 0. The molecule has 5 heteroatoms. The second-order valence-electron chi connectivity index (χ2n) is 4.42. The fraction of sp³-hybridized carbons (Fsp3) is 0.500. The molecule has 1 aliphatic carbocycles. The first kappa shape index (κ1) is 11.9. The van der Waals surface area contributed by atoms with Crippen LogP contribution < -0.4 is 5.32 Å². The van der Waals surface area contributed by atoms with Crippen LogP contribution in [0.5, 0.6) is 0 Å². The zero-order chi connectivity index (χ0) is 12.4. The molecule has 0 saturated heterocycles. The summed E-state index contributed by atoms with van der Waals surface area (Å²) in [6, 6.07) is 3.15. The molecular weight excluding hydrogens is 220 g/mol. The lowest BCUT2D eigenvalue weighted by atomic mass is 10.2. The predicted molar refractivity (Wildman–Crippen MR) is 63.2 cm³/mol. The number of aliphatic hydroxyl groups excluding tert-OH is 1. The van der Waals surface area contributed by atoms with Crippen LogP contribution in [0, 0.1) is 12.8 Å². The molecule has 0 spiro atoms. The number of carboxylic acids is 1. The Balaban J connectivity index is 1.97. The minimum atomic E-state index is -0.973. The summed E-state index contributed by atoms with van der Waals surface area (Å²) >= 11 is 0. The van der Waals surface area contributed by atoms with E-state index >= 15 is 0 Å². The fourth-order valence-corrected chi connectivity index (χ4v) is 1.74. The molecule has 1 saturated carbocycles. The maximum atomic E-state index is 10.8. The Morgan fingerprint density at radius 2 is 2.29 bits per heavy atom. The third-order valence-electron chi connectivity index (χ3n) is 2.97. The minimum absolute atomic E-state index is 0.207. The molecule has 2 rings (SSSR count). The summed E-state index contributed by atoms with van der Waals surface area (Å²) in [5.41, 5.74) is 0.682. The van der Waals surface area contributed by atoms with Crippen LogP contribution in [0.2, 0.25) is 0 Å². The third kappa shape index (κ3) is 2.94. The quantitative estimate of drug-likeness (QED) is 0.717. The van der Waals surface area contributed by atoms with E-state index < -0.39 is 5.97 Å². The van der Waals surface area contributed by atoms with E-state index in [0.29, 0.717) is 24.0 Å². The molecule has 17 heavy (non-hydrogen) atoms. The molecule has 1 unspecified atom stereocenters. The molecule has 1 aromatic rings. The first-order valence-electron chi connectivity index (χ1n) is 5.71. The van der Waals surface area contributed by atoms with Gasteiger partial charge in [0, 0.05) is 6.54 Å². The standard InChI is InChI=1S/C12H16N2O3/c1-7-9(12(16)17)4-5-11(14-7)13-6-10(15)8-2-3-8/h4-5,8,10,15H,2-3,6H2,1H3,(H,13,14)(H,16,17). The predicted octanol–water partition coefficient (Wildman–Crippen LogP) is 1.27. The van der Waals surface area contributed by atoms with E-state index in [1.54, 1.807) is 13.0 Å². The average Bonchev–Trinajstić information content (AvgIpc) is 3.09. The first-order chi connectivity index (χ1) is 8.08. The second-order valence-corrected chi connectivity index (χ2v) is 4.42. The van der Waals surface area contributed by atoms with Crippen LogP contribution in [0.25, 0.3) is 0 Å². The van der Waals surface area contributed by atoms with Crippen molar-refractivity contribution in [2.45, 2.75) is 25.9 Å². The van der Waals surface area contributed by atoms with E-state index in [1.165, 1.54) is 6.07 Å². The van der Waals surface area contributed by atoms with Crippen LogP contribution in [0.15, 0.2) is 12.1 Å². The molecule has 0 aromatic carbocycles. The molecule has 3 N–H and O–H groups in total. The Hall–Kier alpha value is -1.62.